The lowest BCUT2D eigenvalue weighted by Crippen LogP contribution is -2.36. The molecule has 1 fully saturated rings. The number of anilines is 1. The van der Waals surface area contributed by atoms with Gasteiger partial charge in [0, 0.05) is 53.4 Å². The molecule has 0 saturated carbocycles. The molecular formula is C33H33F6N5O6S3. The third kappa shape index (κ3) is 10.8. The Hall–Kier alpha value is -4.53. The lowest BCUT2D eigenvalue weighted by atomic mass is 9.94. The molecular weight excluding hydrogens is 773 g/mol. The molecule has 4 aromatic heterocycles. The van der Waals surface area contributed by atoms with Crippen LogP contribution >= 0.6 is 22.7 Å². The van der Waals surface area contributed by atoms with Gasteiger partial charge in [-0.1, -0.05) is 24.3 Å². The summed E-state index contributed by atoms with van der Waals surface area (Å²) in [6.45, 7) is 6.76. The van der Waals surface area contributed by atoms with Gasteiger partial charge < -0.3 is 15.2 Å². The van der Waals surface area contributed by atoms with E-state index >= 15 is 0 Å². The van der Waals surface area contributed by atoms with E-state index in [1.165, 1.54) is 39.1 Å². The van der Waals surface area contributed by atoms with Crippen molar-refractivity contribution >= 4 is 61.2 Å². The number of hydrogen-bond donors (Lipinski definition) is 3. The van der Waals surface area contributed by atoms with Crippen LogP contribution in [-0.4, -0.2) is 81.9 Å². The summed E-state index contributed by atoms with van der Waals surface area (Å²) >= 11 is 2.92. The molecule has 0 spiro atoms. The van der Waals surface area contributed by atoms with Crippen LogP contribution in [-0.2, 0) is 26.2 Å². The van der Waals surface area contributed by atoms with Gasteiger partial charge in [-0.25, -0.2) is 23.0 Å². The molecule has 3 N–H and O–H groups in total. The zero-order chi connectivity index (χ0) is 39.1. The first-order chi connectivity index (χ1) is 24.8. The van der Waals surface area contributed by atoms with Gasteiger partial charge in [0.1, 0.15) is 9.22 Å². The average molecular weight is 806 g/mol. The number of thiophene rings is 1. The molecule has 286 valence electrons. The summed E-state index contributed by atoms with van der Waals surface area (Å²) in [6, 6.07) is 17.2. The summed E-state index contributed by atoms with van der Waals surface area (Å²) in [5.74, 6) is -5.05. The molecule has 1 aliphatic rings. The van der Waals surface area contributed by atoms with Gasteiger partial charge in [-0.15, -0.1) is 22.7 Å². The van der Waals surface area contributed by atoms with Crippen LogP contribution in [0.4, 0.5) is 32.0 Å². The number of benzene rings is 1. The molecule has 5 aromatic rings. The van der Waals surface area contributed by atoms with Gasteiger partial charge in [-0.2, -0.15) is 26.3 Å². The van der Waals surface area contributed by atoms with Gasteiger partial charge in [0.15, 0.2) is 0 Å². The van der Waals surface area contributed by atoms with E-state index in [2.05, 4.69) is 33.1 Å². The molecule has 1 saturated heterocycles. The molecule has 1 atom stereocenters. The van der Waals surface area contributed by atoms with E-state index in [1.807, 2.05) is 50.5 Å². The quantitative estimate of drug-likeness (QED) is 0.132. The van der Waals surface area contributed by atoms with Crippen molar-refractivity contribution in [2.75, 3.05) is 17.4 Å². The molecule has 0 aliphatic carbocycles. The minimum absolute atomic E-state index is 0.250. The summed E-state index contributed by atoms with van der Waals surface area (Å²) in [5, 5.41) is 17.9. The minimum Gasteiger partial charge on any atom is -0.475 e. The summed E-state index contributed by atoms with van der Waals surface area (Å²) < 4.78 is 92.5. The first-order valence-electron chi connectivity index (χ1n) is 15.7. The molecule has 6 rings (SSSR count). The monoisotopic (exact) mass is 805 g/mol. The third-order valence-electron chi connectivity index (χ3n) is 7.61. The van der Waals surface area contributed by atoms with Crippen molar-refractivity contribution in [2.24, 2.45) is 0 Å². The number of aliphatic carboxylic acids is 2. The maximum atomic E-state index is 13.6. The number of halogens is 6. The Morgan fingerprint density at radius 2 is 1.68 bits per heavy atom. The molecule has 1 unspecified atom stereocenters. The first kappa shape index (κ1) is 41.2. The summed E-state index contributed by atoms with van der Waals surface area (Å²) in [4.78, 5) is 34.3. The topological polar surface area (TPSA) is 157 Å². The van der Waals surface area contributed by atoms with E-state index in [9.17, 15) is 34.8 Å². The van der Waals surface area contributed by atoms with Crippen molar-refractivity contribution in [1.29, 1.82) is 0 Å². The van der Waals surface area contributed by atoms with Crippen molar-refractivity contribution < 1.29 is 54.6 Å². The van der Waals surface area contributed by atoms with E-state index in [0.29, 0.717) is 15.8 Å². The smallest absolute Gasteiger partial charge is 0.475 e. The second kappa shape index (κ2) is 17.1. The largest absolute Gasteiger partial charge is 0.490 e. The highest BCUT2D eigenvalue weighted by molar-refractivity contribution is 7.94. The average Bonchev–Trinajstić information content (AvgIpc) is 3.87. The molecule has 1 aromatic carbocycles. The van der Waals surface area contributed by atoms with Crippen LogP contribution in [0.25, 0.3) is 21.6 Å². The maximum Gasteiger partial charge on any atom is 0.490 e. The van der Waals surface area contributed by atoms with Crippen molar-refractivity contribution in [2.45, 2.75) is 61.8 Å². The van der Waals surface area contributed by atoms with Crippen molar-refractivity contribution in [1.82, 2.24) is 19.9 Å². The fourth-order valence-corrected chi connectivity index (χ4v) is 9.09. The number of piperidine rings is 1. The summed E-state index contributed by atoms with van der Waals surface area (Å²) in [7, 11) is -3.68. The number of thiazole rings is 1. The number of aromatic nitrogens is 3. The van der Waals surface area contributed by atoms with Crippen LogP contribution in [0.1, 0.15) is 43.2 Å². The number of nitrogens with one attached hydrogen (secondary N) is 1. The number of sulfonamides is 1. The molecule has 53 heavy (non-hydrogen) atoms. The number of rotatable bonds is 8. The van der Waals surface area contributed by atoms with Gasteiger partial charge in [0.2, 0.25) is 0 Å². The lowest BCUT2D eigenvalue weighted by molar-refractivity contribution is -0.193. The van der Waals surface area contributed by atoms with E-state index in [0.717, 1.165) is 41.2 Å². The van der Waals surface area contributed by atoms with E-state index in [-0.39, 0.29) is 6.04 Å². The van der Waals surface area contributed by atoms with Gasteiger partial charge in [0.05, 0.1) is 16.9 Å². The minimum atomic E-state index is -5.08. The normalized spacial score (nSPS) is 15.3. The molecule has 0 radical (unpaired) electrons. The highest BCUT2D eigenvalue weighted by Gasteiger charge is 2.39. The Kier molecular flexibility index (Phi) is 13.3. The van der Waals surface area contributed by atoms with Crippen LogP contribution in [0.15, 0.2) is 76.6 Å². The van der Waals surface area contributed by atoms with Crippen LogP contribution in [0.3, 0.4) is 0 Å². The van der Waals surface area contributed by atoms with Crippen LogP contribution in [0, 0.1) is 0 Å². The number of carbonyl (C=O) groups is 2. The Morgan fingerprint density at radius 3 is 2.25 bits per heavy atom. The SMILES string of the molecule is CC(C)N(c1cccc2cc(-c3ncc(CN4CCCC(c5ccccn5)C4)s3)[nH]c12)S(=O)(=O)c1cccs1.O=C(O)C(F)(F)F.O=C(O)C(F)(F)F. The maximum absolute atomic E-state index is 13.6. The number of para-hydroxylation sites is 1. The number of nitrogens with zero attached hydrogens (tertiary/aromatic N) is 4. The third-order valence-corrected chi connectivity index (χ3v) is 12.0. The Morgan fingerprint density at radius 1 is 1.00 bits per heavy atom. The molecule has 0 bridgehead atoms. The highest BCUT2D eigenvalue weighted by atomic mass is 32.2. The molecule has 5 heterocycles. The molecule has 11 nitrogen and oxygen atoms in total. The molecule has 1 aliphatic heterocycles. The zero-order valence-electron chi connectivity index (χ0n) is 27.9. The number of carboxylic acids is 2. The van der Waals surface area contributed by atoms with Crippen molar-refractivity contribution in [3.63, 3.8) is 0 Å². The highest BCUT2D eigenvalue weighted by Crippen LogP contribution is 2.37. The van der Waals surface area contributed by atoms with Gasteiger partial charge in [-0.3, -0.25) is 14.2 Å². The second-order valence-electron chi connectivity index (χ2n) is 11.8. The summed E-state index contributed by atoms with van der Waals surface area (Å²) in [6.07, 6.45) is -3.97. The fourth-order valence-electron chi connectivity index (χ4n) is 5.41. The zero-order valence-corrected chi connectivity index (χ0v) is 30.4. The number of likely N-dealkylation sites (tertiary alicyclic amines) is 1. The Labute approximate surface area is 307 Å². The fraction of sp³-hybridized carbons (Fsp3) is 0.333. The number of alkyl halides is 6. The summed E-state index contributed by atoms with van der Waals surface area (Å²) in [5.41, 5.74) is 3.52. The second-order valence-corrected chi connectivity index (χ2v) is 15.9. The number of aromatic amines is 1. The van der Waals surface area contributed by atoms with E-state index < -0.39 is 34.3 Å². The predicted molar refractivity (Wildman–Crippen MR) is 187 cm³/mol. The Balaban J connectivity index is 0.000000381. The number of pyridine rings is 1. The number of H-pyrrole nitrogens is 1. The predicted octanol–water partition coefficient (Wildman–Crippen LogP) is 8.00. The van der Waals surface area contributed by atoms with E-state index in [1.54, 1.807) is 28.8 Å². The van der Waals surface area contributed by atoms with Crippen molar-refractivity contribution in [3.8, 4) is 10.7 Å². The molecule has 20 heteroatoms. The van der Waals surface area contributed by atoms with Crippen LogP contribution in [0.2, 0.25) is 0 Å². The first-order valence-corrected chi connectivity index (χ1v) is 18.8. The lowest BCUT2D eigenvalue weighted by Gasteiger charge is -2.32. The van der Waals surface area contributed by atoms with E-state index in [4.69, 9.17) is 24.8 Å². The number of carboxylic acid groups (broad SMARTS) is 2. The number of hydrogen-bond acceptors (Lipinski definition) is 9. The van der Waals surface area contributed by atoms with Crippen LogP contribution in [0.5, 0.6) is 0 Å². The van der Waals surface area contributed by atoms with Gasteiger partial charge in [0.25, 0.3) is 10.0 Å². The standard InChI is InChI=1S/C29H31N5O2S3.2C2HF3O2/c1-20(2)34(39(35,36)27-12-7-15-37-27)26-11-5-8-21-16-25(32-28(21)26)29-31-17-23(38-29)19-33-14-6-9-22(18-33)24-10-3-4-13-30-24;2*3-2(4,5)1(6)7/h3-5,7-8,10-13,15-17,20,22,32H,6,9,14,18-19H2,1-2H3;2*(H,6,7). The molecule has 0 amide bonds. The van der Waals surface area contributed by atoms with Gasteiger partial charge in [-0.05, 0) is 68.9 Å². The van der Waals surface area contributed by atoms with Crippen LogP contribution < -0.4 is 4.31 Å². The van der Waals surface area contributed by atoms with Crippen molar-refractivity contribution in [3.05, 3.63) is 82.9 Å². The Bertz CT molecular complexity index is 2060. The number of fused-ring (bicyclic) bond motifs is 1. The van der Waals surface area contributed by atoms with Gasteiger partial charge >= 0.3 is 24.3 Å².